The van der Waals surface area contributed by atoms with Crippen molar-refractivity contribution in [2.24, 2.45) is 0 Å². The summed E-state index contributed by atoms with van der Waals surface area (Å²) < 4.78 is 90.4. The highest BCUT2D eigenvalue weighted by Crippen LogP contribution is 2.41. The quantitative estimate of drug-likeness (QED) is 0.624. The number of hydrogen-bond donors (Lipinski definition) is 1. The molecular formula is C15H15BF6O4. The van der Waals surface area contributed by atoms with Crippen molar-refractivity contribution in [2.45, 2.75) is 51.2 Å². The minimum Gasteiger partial charge on any atom is -0.478 e. The van der Waals surface area contributed by atoms with Crippen molar-refractivity contribution in [1.29, 1.82) is 0 Å². The summed E-state index contributed by atoms with van der Waals surface area (Å²) in [6.07, 6.45) is -10.6. The smallest absolute Gasteiger partial charge is 0.478 e. The van der Waals surface area contributed by atoms with Crippen LogP contribution in [0, 0.1) is 0 Å². The molecule has 0 aliphatic carbocycles. The zero-order valence-corrected chi connectivity index (χ0v) is 14.2. The summed E-state index contributed by atoms with van der Waals surface area (Å²) >= 11 is 0. The predicted octanol–water partition coefficient (Wildman–Crippen LogP) is 3.72. The zero-order chi connectivity index (χ0) is 20.3. The van der Waals surface area contributed by atoms with E-state index in [4.69, 9.17) is 14.4 Å². The monoisotopic (exact) mass is 384 g/mol. The van der Waals surface area contributed by atoms with Crippen molar-refractivity contribution in [3.05, 3.63) is 28.8 Å². The lowest BCUT2D eigenvalue weighted by atomic mass is 9.76. The summed E-state index contributed by atoms with van der Waals surface area (Å²) in [5.41, 5.74) is -8.24. The molecule has 4 nitrogen and oxygen atoms in total. The van der Waals surface area contributed by atoms with E-state index in [-0.39, 0.29) is 0 Å². The summed E-state index contributed by atoms with van der Waals surface area (Å²) in [5.74, 6) is -2.33. The van der Waals surface area contributed by atoms with E-state index in [1.807, 2.05) is 0 Å². The van der Waals surface area contributed by atoms with Gasteiger partial charge >= 0.3 is 25.4 Å². The molecule has 0 bridgehead atoms. The largest absolute Gasteiger partial charge is 0.494 e. The zero-order valence-electron chi connectivity index (χ0n) is 14.2. The van der Waals surface area contributed by atoms with Crippen LogP contribution in [0.2, 0.25) is 0 Å². The summed E-state index contributed by atoms with van der Waals surface area (Å²) in [6.45, 7) is 6.31. The Morgan fingerprint density at radius 3 is 1.54 bits per heavy atom. The van der Waals surface area contributed by atoms with Gasteiger partial charge < -0.3 is 14.4 Å². The van der Waals surface area contributed by atoms with Crippen LogP contribution >= 0.6 is 0 Å². The van der Waals surface area contributed by atoms with E-state index in [1.54, 1.807) is 27.7 Å². The number of carbonyl (C=O) groups is 1. The molecule has 0 unspecified atom stereocenters. The van der Waals surface area contributed by atoms with Crippen LogP contribution in [-0.4, -0.2) is 29.4 Å². The third-order valence-electron chi connectivity index (χ3n) is 4.51. The summed E-state index contributed by atoms with van der Waals surface area (Å²) in [7, 11) is -1.51. The molecule has 1 heterocycles. The lowest BCUT2D eigenvalue weighted by molar-refractivity contribution is -0.143. The Morgan fingerprint density at radius 1 is 0.923 bits per heavy atom. The Hall–Kier alpha value is -1.75. The molecule has 11 heteroatoms. The summed E-state index contributed by atoms with van der Waals surface area (Å²) in [5, 5.41) is 8.93. The van der Waals surface area contributed by atoms with Crippen molar-refractivity contribution < 1.29 is 45.6 Å². The Bertz CT molecular complexity index is 688. The lowest BCUT2D eigenvalue weighted by Gasteiger charge is -2.32. The van der Waals surface area contributed by atoms with Gasteiger partial charge in [-0.3, -0.25) is 0 Å². The van der Waals surface area contributed by atoms with Gasteiger partial charge in [0, 0.05) is 0 Å². The normalized spacial score (nSPS) is 19.7. The SMILES string of the molecule is CC1(C)OB(c2cc(C(F)(F)F)c(C(=O)O)c(C(F)(F)F)c2)OC1(C)C. The van der Waals surface area contributed by atoms with Crippen LogP contribution in [0.5, 0.6) is 0 Å². The van der Waals surface area contributed by atoms with Crippen molar-refractivity contribution in [2.75, 3.05) is 0 Å². The number of carboxylic acid groups (broad SMARTS) is 1. The summed E-state index contributed by atoms with van der Waals surface area (Å²) in [4.78, 5) is 11.1. The van der Waals surface area contributed by atoms with Gasteiger partial charge in [-0.05, 0) is 45.3 Å². The van der Waals surface area contributed by atoms with Gasteiger partial charge in [-0.25, -0.2) is 4.79 Å². The third-order valence-corrected chi connectivity index (χ3v) is 4.51. The van der Waals surface area contributed by atoms with Gasteiger partial charge in [0.1, 0.15) is 0 Å². The molecule has 2 rings (SSSR count). The molecule has 1 saturated heterocycles. The highest BCUT2D eigenvalue weighted by Gasteiger charge is 2.53. The molecule has 26 heavy (non-hydrogen) atoms. The topological polar surface area (TPSA) is 55.8 Å². The second-order valence-corrected chi connectivity index (χ2v) is 6.88. The van der Waals surface area contributed by atoms with Crippen LogP contribution in [-0.2, 0) is 21.7 Å². The standard InChI is InChI=1S/C15H15BF6O4/c1-12(2)13(3,4)26-16(25-12)7-5-8(14(17,18)19)10(11(23)24)9(6-7)15(20,21)22/h5-6H,1-4H3,(H,23,24). The van der Waals surface area contributed by atoms with Crippen LogP contribution in [0.3, 0.4) is 0 Å². The Labute approximate surface area is 145 Å². The van der Waals surface area contributed by atoms with E-state index in [0.29, 0.717) is 12.1 Å². The molecule has 0 amide bonds. The molecule has 1 aliphatic heterocycles. The number of carboxylic acids is 1. The maximum Gasteiger partial charge on any atom is 0.494 e. The van der Waals surface area contributed by atoms with Gasteiger partial charge in [-0.15, -0.1) is 0 Å². The molecule has 0 saturated carbocycles. The maximum atomic E-state index is 13.2. The highest BCUT2D eigenvalue weighted by molar-refractivity contribution is 6.62. The van der Waals surface area contributed by atoms with E-state index < -0.39 is 58.8 Å². The molecule has 0 aromatic heterocycles. The van der Waals surface area contributed by atoms with Crippen LogP contribution in [0.15, 0.2) is 12.1 Å². The van der Waals surface area contributed by atoms with Crippen LogP contribution in [0.1, 0.15) is 49.2 Å². The number of halogens is 6. The van der Waals surface area contributed by atoms with Gasteiger partial charge in [0.25, 0.3) is 0 Å². The van der Waals surface area contributed by atoms with Gasteiger partial charge in [0.2, 0.25) is 0 Å². The first-order chi connectivity index (χ1) is 11.5. The minimum absolute atomic E-state index is 0.320. The number of hydrogen-bond acceptors (Lipinski definition) is 3. The van der Waals surface area contributed by atoms with Crippen molar-refractivity contribution in [3.63, 3.8) is 0 Å². The average molecular weight is 384 g/mol. The van der Waals surface area contributed by atoms with E-state index in [9.17, 15) is 31.1 Å². The van der Waals surface area contributed by atoms with Crippen LogP contribution in [0.4, 0.5) is 26.3 Å². The van der Waals surface area contributed by atoms with E-state index in [1.165, 1.54) is 0 Å². The minimum atomic E-state index is -5.31. The second kappa shape index (κ2) is 5.88. The number of alkyl halides is 6. The number of aromatic carboxylic acids is 1. The Kier molecular flexibility index (Phi) is 4.65. The maximum absolute atomic E-state index is 13.2. The fourth-order valence-corrected chi connectivity index (χ4v) is 2.46. The molecular weight excluding hydrogens is 369 g/mol. The van der Waals surface area contributed by atoms with Gasteiger partial charge in [-0.1, -0.05) is 0 Å². The molecule has 144 valence electrons. The first kappa shape index (κ1) is 20.6. The molecule has 1 aromatic rings. The first-order valence-electron chi connectivity index (χ1n) is 7.38. The van der Waals surface area contributed by atoms with E-state index >= 15 is 0 Å². The van der Waals surface area contributed by atoms with E-state index in [0.717, 1.165) is 0 Å². The fourth-order valence-electron chi connectivity index (χ4n) is 2.46. The first-order valence-corrected chi connectivity index (χ1v) is 7.38. The van der Waals surface area contributed by atoms with Crippen molar-refractivity contribution in [1.82, 2.24) is 0 Å². The van der Waals surface area contributed by atoms with Crippen molar-refractivity contribution >= 4 is 18.6 Å². The molecule has 0 spiro atoms. The van der Waals surface area contributed by atoms with Gasteiger partial charge in [-0.2, -0.15) is 26.3 Å². The third kappa shape index (κ3) is 3.55. The molecule has 1 fully saturated rings. The number of benzene rings is 1. The van der Waals surface area contributed by atoms with E-state index in [2.05, 4.69) is 0 Å². The molecule has 1 aromatic carbocycles. The molecule has 1 N–H and O–H groups in total. The van der Waals surface area contributed by atoms with Crippen molar-refractivity contribution in [3.8, 4) is 0 Å². The summed E-state index contributed by atoms with van der Waals surface area (Å²) in [6, 6.07) is 0.641. The van der Waals surface area contributed by atoms with Crippen LogP contribution < -0.4 is 5.46 Å². The predicted molar refractivity (Wildman–Crippen MR) is 79.1 cm³/mol. The Balaban J connectivity index is 2.73. The second-order valence-electron chi connectivity index (χ2n) is 6.88. The average Bonchev–Trinajstić information content (AvgIpc) is 2.64. The molecule has 0 atom stereocenters. The Morgan fingerprint density at radius 2 is 1.27 bits per heavy atom. The fraction of sp³-hybridized carbons (Fsp3) is 0.533. The van der Waals surface area contributed by atoms with Crippen LogP contribution in [0.25, 0.3) is 0 Å². The van der Waals surface area contributed by atoms with Gasteiger partial charge in [0.15, 0.2) is 0 Å². The lowest BCUT2D eigenvalue weighted by Crippen LogP contribution is -2.41. The number of rotatable bonds is 2. The molecule has 0 radical (unpaired) electrons. The molecule has 1 aliphatic rings. The van der Waals surface area contributed by atoms with Gasteiger partial charge in [0.05, 0.1) is 27.9 Å². The highest BCUT2D eigenvalue weighted by atomic mass is 19.4.